The van der Waals surface area contributed by atoms with Gasteiger partial charge in [-0.1, -0.05) is 38.1 Å². The predicted octanol–water partition coefficient (Wildman–Crippen LogP) is 3.21. The van der Waals surface area contributed by atoms with Crippen LogP contribution in [0.4, 0.5) is 0 Å². The summed E-state index contributed by atoms with van der Waals surface area (Å²) in [6.45, 7) is 11.8. The van der Waals surface area contributed by atoms with Crippen molar-refractivity contribution in [2.45, 2.75) is 59.4 Å². The fourth-order valence-corrected chi connectivity index (χ4v) is 3.98. The number of carbonyl (C=O) groups is 1. The summed E-state index contributed by atoms with van der Waals surface area (Å²) in [5.41, 5.74) is 4.96. The Morgan fingerprint density at radius 1 is 1.25 bits per heavy atom. The number of carbonyl (C=O) groups excluding carboxylic acids is 1. The summed E-state index contributed by atoms with van der Waals surface area (Å²) in [5, 5.41) is 7.66. The van der Waals surface area contributed by atoms with Crippen LogP contribution in [0.25, 0.3) is 0 Å². The van der Waals surface area contributed by atoms with Crippen molar-refractivity contribution in [1.29, 1.82) is 0 Å². The number of nitrogens with one attached hydrogen (secondary N) is 1. The molecule has 0 bridgehead atoms. The number of amides is 1. The van der Waals surface area contributed by atoms with Gasteiger partial charge in [0.2, 0.25) is 0 Å². The SMILES string of the molecule is CCN(CC)Cc1ccccc1CNC(=O)c1c2c(nn1C)[C@H](C)O[C@H](C)C2. The van der Waals surface area contributed by atoms with Crippen molar-refractivity contribution in [2.75, 3.05) is 13.1 Å². The third-order valence-electron chi connectivity index (χ3n) is 5.55. The molecule has 1 aromatic heterocycles. The van der Waals surface area contributed by atoms with E-state index in [0.29, 0.717) is 12.2 Å². The molecule has 28 heavy (non-hydrogen) atoms. The summed E-state index contributed by atoms with van der Waals surface area (Å²) in [7, 11) is 1.83. The highest BCUT2D eigenvalue weighted by atomic mass is 16.5. The maximum absolute atomic E-state index is 13.0. The highest BCUT2D eigenvalue weighted by Crippen LogP contribution is 2.31. The number of hydrogen-bond acceptors (Lipinski definition) is 4. The van der Waals surface area contributed by atoms with Crippen molar-refractivity contribution >= 4 is 5.91 Å². The lowest BCUT2D eigenvalue weighted by molar-refractivity contribution is -0.00710. The number of ether oxygens (including phenoxy) is 1. The smallest absolute Gasteiger partial charge is 0.270 e. The van der Waals surface area contributed by atoms with Gasteiger partial charge in [-0.2, -0.15) is 5.10 Å². The first-order chi connectivity index (χ1) is 13.4. The van der Waals surface area contributed by atoms with E-state index in [4.69, 9.17) is 4.74 Å². The van der Waals surface area contributed by atoms with Gasteiger partial charge in [0.15, 0.2) is 0 Å². The molecular formula is C22H32N4O2. The van der Waals surface area contributed by atoms with E-state index in [0.717, 1.165) is 42.9 Å². The number of benzene rings is 1. The van der Waals surface area contributed by atoms with Crippen LogP contribution in [-0.4, -0.2) is 39.8 Å². The summed E-state index contributed by atoms with van der Waals surface area (Å²) < 4.78 is 7.55. The molecule has 3 rings (SSSR count). The molecule has 0 unspecified atom stereocenters. The Hall–Kier alpha value is -2.18. The van der Waals surface area contributed by atoms with Crippen molar-refractivity contribution in [1.82, 2.24) is 20.0 Å². The lowest BCUT2D eigenvalue weighted by Gasteiger charge is -2.24. The first kappa shape index (κ1) is 20.6. The van der Waals surface area contributed by atoms with Crippen molar-refractivity contribution in [2.24, 2.45) is 7.05 Å². The molecule has 6 heteroatoms. The summed E-state index contributed by atoms with van der Waals surface area (Å²) in [6.07, 6.45) is 0.726. The molecule has 1 aromatic carbocycles. The van der Waals surface area contributed by atoms with Crippen LogP contribution < -0.4 is 5.32 Å². The van der Waals surface area contributed by atoms with E-state index in [9.17, 15) is 4.79 Å². The van der Waals surface area contributed by atoms with Gasteiger partial charge in [-0.3, -0.25) is 14.4 Å². The minimum absolute atomic E-state index is 0.0739. The van der Waals surface area contributed by atoms with Gasteiger partial charge >= 0.3 is 0 Å². The fraction of sp³-hybridized carbons (Fsp3) is 0.545. The number of aromatic nitrogens is 2. The summed E-state index contributed by atoms with van der Waals surface area (Å²) >= 11 is 0. The second-order valence-corrected chi connectivity index (χ2v) is 7.54. The highest BCUT2D eigenvalue weighted by Gasteiger charge is 2.31. The van der Waals surface area contributed by atoms with Crippen molar-refractivity contribution in [3.63, 3.8) is 0 Å². The van der Waals surface area contributed by atoms with Gasteiger partial charge < -0.3 is 10.1 Å². The number of aryl methyl sites for hydroxylation is 1. The van der Waals surface area contributed by atoms with Crippen LogP contribution in [0.5, 0.6) is 0 Å². The molecule has 152 valence electrons. The number of fused-ring (bicyclic) bond motifs is 1. The minimum atomic E-state index is -0.0821. The zero-order valence-corrected chi connectivity index (χ0v) is 17.7. The molecule has 0 radical (unpaired) electrons. The zero-order chi connectivity index (χ0) is 20.3. The van der Waals surface area contributed by atoms with E-state index < -0.39 is 0 Å². The summed E-state index contributed by atoms with van der Waals surface area (Å²) in [6, 6.07) is 8.33. The van der Waals surface area contributed by atoms with E-state index in [1.54, 1.807) is 4.68 Å². The first-order valence-electron chi connectivity index (χ1n) is 10.2. The monoisotopic (exact) mass is 384 g/mol. The maximum Gasteiger partial charge on any atom is 0.270 e. The normalized spacial score (nSPS) is 18.9. The van der Waals surface area contributed by atoms with Gasteiger partial charge in [0.05, 0.1) is 17.9 Å². The number of nitrogens with zero attached hydrogens (tertiary/aromatic N) is 3. The van der Waals surface area contributed by atoms with E-state index >= 15 is 0 Å². The largest absolute Gasteiger partial charge is 0.369 e. The Labute approximate surface area is 167 Å². The molecule has 1 N–H and O–H groups in total. The van der Waals surface area contributed by atoms with Gasteiger partial charge in [-0.15, -0.1) is 0 Å². The lowest BCUT2D eigenvalue weighted by atomic mass is 9.99. The van der Waals surface area contributed by atoms with Gasteiger partial charge in [-0.25, -0.2) is 0 Å². The second-order valence-electron chi connectivity index (χ2n) is 7.54. The molecule has 2 atom stereocenters. The van der Waals surface area contributed by atoms with Crippen molar-refractivity contribution in [3.05, 3.63) is 52.3 Å². The molecule has 1 amide bonds. The molecule has 6 nitrogen and oxygen atoms in total. The first-order valence-corrected chi connectivity index (χ1v) is 10.2. The van der Waals surface area contributed by atoms with Crippen LogP contribution in [0.3, 0.4) is 0 Å². The van der Waals surface area contributed by atoms with Crippen LogP contribution in [0.2, 0.25) is 0 Å². The Bertz CT molecular complexity index is 826. The van der Waals surface area contributed by atoms with Crippen LogP contribution >= 0.6 is 0 Å². The molecule has 2 aromatic rings. The van der Waals surface area contributed by atoms with Crippen molar-refractivity contribution < 1.29 is 9.53 Å². The third kappa shape index (κ3) is 4.28. The fourth-order valence-electron chi connectivity index (χ4n) is 3.98. The van der Waals surface area contributed by atoms with Crippen LogP contribution in [0.1, 0.15) is 66.7 Å². The van der Waals surface area contributed by atoms with E-state index in [2.05, 4.69) is 47.4 Å². The standard InChI is InChI=1S/C22H32N4O2/c1-6-26(7-2)14-18-11-9-8-10-17(18)13-23-22(27)21-19-12-15(3)28-16(4)20(19)24-25(21)5/h8-11,15-16H,6-7,12-14H2,1-5H3,(H,23,27)/t15-,16+/m1/s1. The molecule has 0 aliphatic carbocycles. The van der Waals surface area contributed by atoms with Crippen LogP contribution in [0, 0.1) is 0 Å². The Morgan fingerprint density at radius 3 is 2.61 bits per heavy atom. The lowest BCUT2D eigenvalue weighted by Crippen LogP contribution is -2.29. The maximum atomic E-state index is 13.0. The quantitative estimate of drug-likeness (QED) is 0.796. The molecule has 0 saturated carbocycles. The Balaban J connectivity index is 1.76. The van der Waals surface area contributed by atoms with Crippen LogP contribution in [-0.2, 0) is 31.3 Å². The predicted molar refractivity (Wildman–Crippen MR) is 110 cm³/mol. The molecule has 1 aliphatic rings. The Kier molecular flexibility index (Phi) is 6.52. The Morgan fingerprint density at radius 2 is 1.93 bits per heavy atom. The number of rotatable bonds is 7. The molecular weight excluding hydrogens is 352 g/mol. The zero-order valence-electron chi connectivity index (χ0n) is 17.7. The van der Waals surface area contributed by atoms with Gasteiger partial charge in [0.1, 0.15) is 5.69 Å². The number of hydrogen-bond donors (Lipinski definition) is 1. The van der Waals surface area contributed by atoms with Gasteiger partial charge in [-0.05, 0) is 38.1 Å². The van der Waals surface area contributed by atoms with Gasteiger partial charge in [0, 0.05) is 32.1 Å². The average Bonchev–Trinajstić information content (AvgIpc) is 3.01. The molecule has 0 fully saturated rings. The highest BCUT2D eigenvalue weighted by molar-refractivity contribution is 5.94. The van der Waals surface area contributed by atoms with Gasteiger partial charge in [0.25, 0.3) is 5.91 Å². The van der Waals surface area contributed by atoms with E-state index in [-0.39, 0.29) is 18.1 Å². The van der Waals surface area contributed by atoms with E-state index in [1.165, 1.54) is 5.56 Å². The summed E-state index contributed by atoms with van der Waals surface area (Å²) in [4.78, 5) is 15.4. The average molecular weight is 385 g/mol. The third-order valence-corrected chi connectivity index (χ3v) is 5.55. The molecule has 2 heterocycles. The molecule has 0 saturated heterocycles. The van der Waals surface area contributed by atoms with Crippen LogP contribution in [0.15, 0.2) is 24.3 Å². The van der Waals surface area contributed by atoms with E-state index in [1.807, 2.05) is 27.0 Å². The molecule has 1 aliphatic heterocycles. The minimum Gasteiger partial charge on any atom is -0.369 e. The van der Waals surface area contributed by atoms with Crippen molar-refractivity contribution in [3.8, 4) is 0 Å². The summed E-state index contributed by atoms with van der Waals surface area (Å²) in [5.74, 6) is -0.0739. The second kappa shape index (κ2) is 8.88. The molecule has 0 spiro atoms. The topological polar surface area (TPSA) is 59.4 Å².